The van der Waals surface area contributed by atoms with E-state index < -0.39 is 0 Å². The van der Waals surface area contributed by atoms with Crippen LogP contribution in [0.1, 0.15) is 22.7 Å². The number of fused-ring (bicyclic) bond motifs is 1. The van der Waals surface area contributed by atoms with Crippen molar-refractivity contribution in [1.29, 1.82) is 0 Å². The third-order valence-electron chi connectivity index (χ3n) is 4.78. The van der Waals surface area contributed by atoms with E-state index in [9.17, 15) is 0 Å². The van der Waals surface area contributed by atoms with Crippen molar-refractivity contribution in [2.24, 2.45) is 5.73 Å². The van der Waals surface area contributed by atoms with Gasteiger partial charge in [0, 0.05) is 37.8 Å². The minimum absolute atomic E-state index is 0.193. The molecule has 4 heteroatoms. The van der Waals surface area contributed by atoms with E-state index in [1.807, 2.05) is 6.20 Å². The fraction of sp³-hybridized carbons (Fsp3) is 0.316. The molecule has 4 rings (SSSR count). The van der Waals surface area contributed by atoms with Crippen LogP contribution in [0.15, 0.2) is 54.9 Å². The summed E-state index contributed by atoms with van der Waals surface area (Å²) in [6.07, 6.45) is 4.14. The van der Waals surface area contributed by atoms with Crippen LogP contribution in [0, 0.1) is 6.92 Å². The number of aromatic nitrogens is 2. The highest BCUT2D eigenvalue weighted by molar-refractivity contribution is 5.41. The number of hydrogen-bond acceptors (Lipinski definition) is 3. The molecule has 4 nitrogen and oxygen atoms in total. The van der Waals surface area contributed by atoms with Crippen molar-refractivity contribution in [3.8, 4) is 0 Å². The monoisotopic (exact) mass is 306 g/mol. The first-order valence-corrected chi connectivity index (χ1v) is 8.16. The Hall–Kier alpha value is -2.17. The molecule has 23 heavy (non-hydrogen) atoms. The van der Waals surface area contributed by atoms with Crippen LogP contribution in [0.5, 0.6) is 0 Å². The molecule has 1 saturated heterocycles. The molecule has 0 bridgehead atoms. The Labute approximate surface area is 136 Å². The van der Waals surface area contributed by atoms with Gasteiger partial charge in [0.25, 0.3) is 0 Å². The van der Waals surface area contributed by atoms with Crippen LogP contribution >= 0.6 is 0 Å². The highest BCUT2D eigenvalue weighted by atomic mass is 15.2. The van der Waals surface area contributed by atoms with Crippen LogP contribution in [0.2, 0.25) is 0 Å². The first kappa shape index (κ1) is 14.4. The molecule has 0 saturated carbocycles. The smallest absolute Gasteiger partial charge is 0.136 e. The summed E-state index contributed by atoms with van der Waals surface area (Å²) in [5.74, 6) is 0.414. The van der Waals surface area contributed by atoms with Gasteiger partial charge in [-0.25, -0.2) is 4.98 Å². The van der Waals surface area contributed by atoms with E-state index in [1.54, 1.807) is 0 Å². The van der Waals surface area contributed by atoms with E-state index in [0.717, 1.165) is 25.3 Å². The van der Waals surface area contributed by atoms with Crippen LogP contribution < -0.4 is 5.73 Å². The molecule has 2 N–H and O–H groups in total. The Bertz CT molecular complexity index is 809. The normalized spacial score (nSPS) is 22.0. The first-order chi connectivity index (χ1) is 11.2. The Kier molecular flexibility index (Phi) is 3.63. The number of imidazole rings is 1. The fourth-order valence-corrected chi connectivity index (χ4v) is 3.58. The zero-order valence-corrected chi connectivity index (χ0v) is 13.4. The minimum Gasteiger partial charge on any atom is -0.326 e. The number of benzene rings is 1. The Morgan fingerprint density at radius 3 is 2.78 bits per heavy atom. The lowest BCUT2D eigenvalue weighted by molar-refractivity contribution is 0.319. The molecule has 1 aromatic carbocycles. The lowest BCUT2D eigenvalue weighted by atomic mass is 9.95. The summed E-state index contributed by atoms with van der Waals surface area (Å²) >= 11 is 0. The first-order valence-electron chi connectivity index (χ1n) is 8.16. The molecular weight excluding hydrogens is 284 g/mol. The summed E-state index contributed by atoms with van der Waals surface area (Å²) in [4.78, 5) is 6.94. The van der Waals surface area contributed by atoms with Crippen LogP contribution in [0.3, 0.4) is 0 Å². The Balaban J connectivity index is 1.54. The van der Waals surface area contributed by atoms with Gasteiger partial charge in [0.15, 0.2) is 0 Å². The van der Waals surface area contributed by atoms with Crippen molar-refractivity contribution in [3.63, 3.8) is 0 Å². The average molecular weight is 306 g/mol. The van der Waals surface area contributed by atoms with Gasteiger partial charge in [-0.3, -0.25) is 4.90 Å². The van der Waals surface area contributed by atoms with Gasteiger partial charge in [0.2, 0.25) is 0 Å². The van der Waals surface area contributed by atoms with Gasteiger partial charge in [-0.05, 0) is 24.1 Å². The van der Waals surface area contributed by atoms with Crippen LogP contribution in [0.4, 0.5) is 0 Å². The number of nitrogens with zero attached hydrogens (tertiary/aromatic N) is 3. The van der Waals surface area contributed by atoms with Gasteiger partial charge in [-0.15, -0.1) is 0 Å². The minimum atomic E-state index is 0.193. The molecule has 0 amide bonds. The van der Waals surface area contributed by atoms with E-state index in [1.165, 1.54) is 16.8 Å². The predicted octanol–water partition coefficient (Wildman–Crippen LogP) is 2.57. The molecule has 2 aromatic heterocycles. The van der Waals surface area contributed by atoms with Crippen molar-refractivity contribution in [2.45, 2.75) is 25.4 Å². The molecule has 3 heterocycles. The van der Waals surface area contributed by atoms with Crippen LogP contribution in [-0.2, 0) is 6.54 Å². The number of rotatable bonds is 3. The molecule has 0 spiro atoms. The zero-order valence-electron chi connectivity index (χ0n) is 13.4. The average Bonchev–Trinajstić information content (AvgIpc) is 3.12. The third kappa shape index (κ3) is 2.76. The third-order valence-corrected chi connectivity index (χ3v) is 4.78. The number of aryl methyl sites for hydroxylation is 1. The second-order valence-electron chi connectivity index (χ2n) is 6.56. The quantitative estimate of drug-likeness (QED) is 0.809. The zero-order chi connectivity index (χ0) is 15.8. The van der Waals surface area contributed by atoms with Gasteiger partial charge in [-0.1, -0.05) is 36.4 Å². The number of nitrogens with two attached hydrogens (primary N) is 1. The molecule has 1 fully saturated rings. The Morgan fingerprint density at radius 1 is 1.13 bits per heavy atom. The molecule has 0 radical (unpaired) electrons. The largest absolute Gasteiger partial charge is 0.326 e. The van der Waals surface area contributed by atoms with Crippen LogP contribution in [-0.4, -0.2) is 33.4 Å². The van der Waals surface area contributed by atoms with Crippen molar-refractivity contribution in [1.82, 2.24) is 14.3 Å². The van der Waals surface area contributed by atoms with Crippen molar-refractivity contribution in [2.75, 3.05) is 13.1 Å². The fourth-order valence-electron chi connectivity index (χ4n) is 3.58. The summed E-state index contributed by atoms with van der Waals surface area (Å²) in [7, 11) is 0. The van der Waals surface area contributed by atoms with Gasteiger partial charge in [0.1, 0.15) is 5.65 Å². The molecule has 3 aromatic rings. The predicted molar refractivity (Wildman–Crippen MR) is 92.4 cm³/mol. The van der Waals surface area contributed by atoms with E-state index in [0.29, 0.717) is 5.92 Å². The van der Waals surface area contributed by atoms with E-state index in [4.69, 9.17) is 5.73 Å². The second kappa shape index (κ2) is 5.80. The summed E-state index contributed by atoms with van der Waals surface area (Å²) < 4.78 is 2.19. The Morgan fingerprint density at radius 2 is 1.96 bits per heavy atom. The second-order valence-corrected chi connectivity index (χ2v) is 6.56. The maximum absolute atomic E-state index is 6.40. The lowest BCUT2D eigenvalue weighted by Gasteiger charge is -2.16. The summed E-state index contributed by atoms with van der Waals surface area (Å²) in [6, 6.07) is 15.0. The van der Waals surface area contributed by atoms with Crippen molar-refractivity contribution < 1.29 is 0 Å². The number of pyridine rings is 1. The molecule has 2 atom stereocenters. The van der Waals surface area contributed by atoms with Gasteiger partial charge < -0.3 is 10.1 Å². The standard InChI is InChI=1S/C19H22N4/c1-14-7-8-19-21-9-16(23(19)10-14)11-22-12-17(18(20)13-22)15-5-3-2-4-6-15/h2-10,17-18H,11-13,20H2,1H3/t17-,18+/m0/s1. The van der Waals surface area contributed by atoms with Gasteiger partial charge in [-0.2, -0.15) is 0 Å². The summed E-state index contributed by atoms with van der Waals surface area (Å²) in [5.41, 5.74) is 11.2. The molecular formula is C19H22N4. The summed E-state index contributed by atoms with van der Waals surface area (Å²) in [6.45, 7) is 4.94. The molecule has 0 unspecified atom stereocenters. The van der Waals surface area contributed by atoms with Crippen molar-refractivity contribution in [3.05, 3.63) is 71.7 Å². The molecule has 1 aliphatic heterocycles. The number of likely N-dealkylation sites (tertiary alicyclic amines) is 1. The molecule has 0 aliphatic carbocycles. The highest BCUT2D eigenvalue weighted by Crippen LogP contribution is 2.27. The van der Waals surface area contributed by atoms with Crippen LogP contribution in [0.25, 0.3) is 5.65 Å². The van der Waals surface area contributed by atoms with Crippen molar-refractivity contribution >= 4 is 5.65 Å². The van der Waals surface area contributed by atoms with Gasteiger partial charge >= 0.3 is 0 Å². The summed E-state index contributed by atoms with van der Waals surface area (Å²) in [5, 5.41) is 0. The maximum atomic E-state index is 6.40. The van der Waals surface area contributed by atoms with E-state index in [2.05, 4.69) is 69.9 Å². The highest BCUT2D eigenvalue weighted by Gasteiger charge is 2.31. The van der Waals surface area contributed by atoms with Gasteiger partial charge in [0.05, 0.1) is 11.9 Å². The lowest BCUT2D eigenvalue weighted by Crippen LogP contribution is -2.28. The molecule has 118 valence electrons. The topological polar surface area (TPSA) is 46.6 Å². The molecule has 1 aliphatic rings. The van der Waals surface area contributed by atoms with E-state index >= 15 is 0 Å². The van der Waals surface area contributed by atoms with E-state index in [-0.39, 0.29) is 6.04 Å². The maximum Gasteiger partial charge on any atom is 0.136 e. The SMILES string of the molecule is Cc1ccc2ncc(CN3C[C@@H](N)[C@H](c4ccccc4)C3)n2c1. The number of hydrogen-bond donors (Lipinski definition) is 1.